The second-order valence-corrected chi connectivity index (χ2v) is 7.57. The standard InChI is InChI=1S/C23H22F2N4O2/c1-30-21-11-17(31-14-20-16(12-26)3-2-10-27-20)4-5-18(21)19-13-28-22(29-19)15-6-8-23(24,25)9-7-15/h2-5,10-11,13,15H,6-9,14H2,1H3,(H,28,29). The van der Waals surface area contributed by atoms with Crippen LogP contribution in [0.5, 0.6) is 11.5 Å². The van der Waals surface area contributed by atoms with E-state index in [9.17, 15) is 8.78 Å². The minimum atomic E-state index is -2.56. The molecule has 1 saturated carbocycles. The largest absolute Gasteiger partial charge is 0.496 e. The van der Waals surface area contributed by atoms with Gasteiger partial charge in [-0.2, -0.15) is 5.26 Å². The Kier molecular flexibility index (Phi) is 5.85. The second kappa shape index (κ2) is 8.72. The number of methoxy groups -OCH3 is 1. The maximum absolute atomic E-state index is 13.4. The van der Waals surface area contributed by atoms with E-state index < -0.39 is 5.92 Å². The van der Waals surface area contributed by atoms with Gasteiger partial charge in [-0.15, -0.1) is 0 Å². The van der Waals surface area contributed by atoms with E-state index in [-0.39, 0.29) is 25.4 Å². The quantitative estimate of drug-likeness (QED) is 0.586. The van der Waals surface area contributed by atoms with E-state index in [1.165, 1.54) is 0 Å². The summed E-state index contributed by atoms with van der Waals surface area (Å²) in [5.74, 6) is -0.663. The Labute approximate surface area is 178 Å². The number of imidazole rings is 1. The molecule has 31 heavy (non-hydrogen) atoms. The molecule has 3 aromatic rings. The fourth-order valence-electron chi connectivity index (χ4n) is 3.78. The molecule has 4 rings (SSSR count). The molecule has 0 bridgehead atoms. The Balaban J connectivity index is 1.49. The van der Waals surface area contributed by atoms with Gasteiger partial charge in [-0.1, -0.05) is 0 Å². The van der Waals surface area contributed by atoms with Crippen molar-refractivity contribution in [3.63, 3.8) is 0 Å². The second-order valence-electron chi connectivity index (χ2n) is 7.57. The number of rotatable bonds is 6. The van der Waals surface area contributed by atoms with Crippen LogP contribution in [0, 0.1) is 11.3 Å². The number of hydrogen-bond acceptors (Lipinski definition) is 5. The number of nitrogens with zero attached hydrogens (tertiary/aromatic N) is 3. The summed E-state index contributed by atoms with van der Waals surface area (Å²) in [6.45, 7) is 0.159. The molecule has 1 aliphatic carbocycles. The van der Waals surface area contributed by atoms with E-state index >= 15 is 0 Å². The van der Waals surface area contributed by atoms with Gasteiger partial charge in [0, 0.05) is 36.6 Å². The Bertz CT molecular complexity index is 1100. The zero-order valence-corrected chi connectivity index (χ0v) is 17.1. The van der Waals surface area contributed by atoms with Gasteiger partial charge in [-0.25, -0.2) is 13.8 Å². The molecule has 0 unspecified atom stereocenters. The van der Waals surface area contributed by atoms with E-state index in [1.807, 2.05) is 6.07 Å². The van der Waals surface area contributed by atoms with Crippen LogP contribution in [0.4, 0.5) is 8.78 Å². The summed E-state index contributed by atoms with van der Waals surface area (Å²) in [5.41, 5.74) is 2.58. The van der Waals surface area contributed by atoms with Crippen LogP contribution in [0.1, 0.15) is 48.7 Å². The van der Waals surface area contributed by atoms with Gasteiger partial charge in [0.25, 0.3) is 0 Å². The summed E-state index contributed by atoms with van der Waals surface area (Å²) < 4.78 is 38.2. The average Bonchev–Trinajstić information content (AvgIpc) is 3.27. The summed E-state index contributed by atoms with van der Waals surface area (Å²) in [6.07, 6.45) is 3.95. The molecule has 2 heterocycles. The summed E-state index contributed by atoms with van der Waals surface area (Å²) in [7, 11) is 1.57. The van der Waals surface area contributed by atoms with Crippen molar-refractivity contribution in [1.82, 2.24) is 15.0 Å². The first-order valence-corrected chi connectivity index (χ1v) is 10.1. The zero-order chi connectivity index (χ0) is 21.8. The fourth-order valence-corrected chi connectivity index (χ4v) is 3.78. The highest BCUT2D eigenvalue weighted by molar-refractivity contribution is 5.68. The molecular weight excluding hydrogens is 402 g/mol. The van der Waals surface area contributed by atoms with Crippen LogP contribution in [0.15, 0.2) is 42.7 Å². The predicted octanol–water partition coefficient (Wildman–Crippen LogP) is 5.22. The molecule has 1 aliphatic rings. The van der Waals surface area contributed by atoms with E-state index in [0.29, 0.717) is 35.6 Å². The molecule has 0 spiro atoms. The minimum absolute atomic E-state index is 0.00896. The lowest BCUT2D eigenvalue weighted by Crippen LogP contribution is -2.24. The molecule has 0 amide bonds. The number of benzene rings is 1. The van der Waals surface area contributed by atoms with Crippen LogP contribution < -0.4 is 9.47 Å². The van der Waals surface area contributed by atoms with E-state index in [1.54, 1.807) is 43.8 Å². The first-order valence-electron chi connectivity index (χ1n) is 10.1. The van der Waals surface area contributed by atoms with Crippen LogP contribution in [0.2, 0.25) is 0 Å². The van der Waals surface area contributed by atoms with Gasteiger partial charge < -0.3 is 14.5 Å². The predicted molar refractivity (Wildman–Crippen MR) is 110 cm³/mol. The molecule has 8 heteroatoms. The van der Waals surface area contributed by atoms with Gasteiger partial charge >= 0.3 is 0 Å². The molecule has 1 fully saturated rings. The molecule has 0 radical (unpaired) electrons. The number of ether oxygens (including phenoxy) is 2. The maximum atomic E-state index is 13.4. The molecule has 1 aromatic carbocycles. The van der Waals surface area contributed by atoms with Gasteiger partial charge in [-0.3, -0.25) is 4.98 Å². The van der Waals surface area contributed by atoms with Crippen molar-refractivity contribution in [3.8, 4) is 28.8 Å². The fraction of sp³-hybridized carbons (Fsp3) is 0.348. The topological polar surface area (TPSA) is 83.8 Å². The lowest BCUT2D eigenvalue weighted by molar-refractivity contribution is -0.0387. The Morgan fingerprint density at radius 3 is 2.77 bits per heavy atom. The number of nitrogens with one attached hydrogen (secondary N) is 1. The number of pyridine rings is 1. The summed E-state index contributed by atoms with van der Waals surface area (Å²) >= 11 is 0. The smallest absolute Gasteiger partial charge is 0.248 e. The maximum Gasteiger partial charge on any atom is 0.248 e. The van der Waals surface area contributed by atoms with E-state index in [2.05, 4.69) is 21.0 Å². The highest BCUT2D eigenvalue weighted by Gasteiger charge is 2.36. The Hall–Kier alpha value is -3.47. The molecule has 0 atom stereocenters. The van der Waals surface area contributed by atoms with Crippen LogP contribution >= 0.6 is 0 Å². The summed E-state index contributed by atoms with van der Waals surface area (Å²) in [4.78, 5) is 11.9. The Morgan fingerprint density at radius 2 is 2.03 bits per heavy atom. The van der Waals surface area contributed by atoms with Crippen LogP contribution in [0.3, 0.4) is 0 Å². The third-order valence-corrected chi connectivity index (χ3v) is 5.55. The number of aromatic amines is 1. The first kappa shape index (κ1) is 20.8. The molecule has 0 saturated heterocycles. The van der Waals surface area contributed by atoms with Crippen molar-refractivity contribution in [3.05, 3.63) is 59.8 Å². The van der Waals surface area contributed by atoms with Gasteiger partial charge in [0.1, 0.15) is 30.0 Å². The third kappa shape index (κ3) is 4.66. The van der Waals surface area contributed by atoms with E-state index in [0.717, 1.165) is 17.1 Å². The molecule has 0 aliphatic heterocycles. The monoisotopic (exact) mass is 424 g/mol. The highest BCUT2D eigenvalue weighted by atomic mass is 19.3. The lowest BCUT2D eigenvalue weighted by Gasteiger charge is -2.26. The average molecular weight is 424 g/mol. The lowest BCUT2D eigenvalue weighted by atomic mass is 9.86. The van der Waals surface area contributed by atoms with Crippen molar-refractivity contribution >= 4 is 0 Å². The van der Waals surface area contributed by atoms with Crippen LogP contribution in [-0.2, 0) is 6.61 Å². The number of halogens is 2. The molecule has 2 aromatic heterocycles. The first-order chi connectivity index (χ1) is 15.0. The Morgan fingerprint density at radius 1 is 1.23 bits per heavy atom. The highest BCUT2D eigenvalue weighted by Crippen LogP contribution is 2.41. The number of alkyl halides is 2. The van der Waals surface area contributed by atoms with Crippen molar-refractivity contribution in [2.45, 2.75) is 44.1 Å². The van der Waals surface area contributed by atoms with Gasteiger partial charge in [0.2, 0.25) is 5.92 Å². The molecule has 1 N–H and O–H groups in total. The van der Waals surface area contributed by atoms with Crippen molar-refractivity contribution in [1.29, 1.82) is 5.26 Å². The van der Waals surface area contributed by atoms with Crippen LogP contribution in [0.25, 0.3) is 11.3 Å². The van der Waals surface area contributed by atoms with E-state index in [4.69, 9.17) is 14.7 Å². The van der Waals surface area contributed by atoms with Gasteiger partial charge in [0.15, 0.2) is 0 Å². The number of hydrogen-bond donors (Lipinski definition) is 1. The molecule has 6 nitrogen and oxygen atoms in total. The molecular formula is C23H22F2N4O2. The van der Waals surface area contributed by atoms with Crippen LogP contribution in [-0.4, -0.2) is 28.0 Å². The number of aromatic nitrogens is 3. The summed E-state index contributed by atoms with van der Waals surface area (Å²) in [6, 6.07) is 10.9. The third-order valence-electron chi connectivity index (χ3n) is 5.55. The van der Waals surface area contributed by atoms with Crippen molar-refractivity contribution in [2.24, 2.45) is 0 Å². The zero-order valence-electron chi connectivity index (χ0n) is 17.1. The minimum Gasteiger partial charge on any atom is -0.496 e. The van der Waals surface area contributed by atoms with Gasteiger partial charge in [0.05, 0.1) is 30.3 Å². The van der Waals surface area contributed by atoms with Crippen molar-refractivity contribution < 1.29 is 18.3 Å². The SMILES string of the molecule is COc1cc(OCc2ncccc2C#N)ccc1-c1cnc(C2CCC(F)(F)CC2)[nH]1. The van der Waals surface area contributed by atoms with Gasteiger partial charge in [-0.05, 0) is 37.1 Å². The number of H-pyrrole nitrogens is 1. The number of nitriles is 1. The van der Waals surface area contributed by atoms with Crippen molar-refractivity contribution in [2.75, 3.05) is 7.11 Å². The summed E-state index contributed by atoms with van der Waals surface area (Å²) in [5, 5.41) is 9.17. The molecule has 160 valence electrons. The normalized spacial score (nSPS) is 15.9.